The van der Waals surface area contributed by atoms with Crippen molar-refractivity contribution in [2.75, 3.05) is 0 Å². The molecule has 2 aliphatic carbocycles. The molecule has 1 aromatic heterocycles. The highest BCUT2D eigenvalue weighted by atomic mass is 79.9. The highest BCUT2D eigenvalue weighted by molar-refractivity contribution is 9.09. The Morgan fingerprint density at radius 3 is 2.52 bits per heavy atom. The van der Waals surface area contributed by atoms with E-state index >= 15 is 0 Å². The molecule has 0 saturated heterocycles. The molecule has 0 radical (unpaired) electrons. The van der Waals surface area contributed by atoms with E-state index in [1.165, 1.54) is 46.6 Å². The number of rotatable bonds is 2. The predicted molar refractivity (Wildman–Crippen MR) is 91.8 cm³/mol. The second-order valence-corrected chi connectivity index (χ2v) is 7.85. The third-order valence-electron chi connectivity index (χ3n) is 5.54. The molecule has 2 heteroatoms. The van der Waals surface area contributed by atoms with Gasteiger partial charge in [0.05, 0.1) is 0 Å². The maximum Gasteiger partial charge on any atom is 0.0465 e. The van der Waals surface area contributed by atoms with E-state index in [9.17, 15) is 0 Å². The van der Waals surface area contributed by atoms with Crippen LogP contribution in [0, 0.1) is 17.8 Å². The molecule has 2 aliphatic rings. The summed E-state index contributed by atoms with van der Waals surface area (Å²) in [5, 5.41) is 2.69. The molecule has 2 aromatic carbocycles. The first-order valence-corrected chi connectivity index (χ1v) is 8.85. The summed E-state index contributed by atoms with van der Waals surface area (Å²) in [6.07, 6.45) is 4.34. The number of hydrogen-bond donors (Lipinski definition) is 1. The first-order chi connectivity index (χ1) is 10.3. The van der Waals surface area contributed by atoms with E-state index in [0.29, 0.717) is 4.83 Å². The zero-order valence-corrected chi connectivity index (χ0v) is 13.4. The van der Waals surface area contributed by atoms with E-state index in [4.69, 9.17) is 0 Å². The lowest BCUT2D eigenvalue weighted by molar-refractivity contribution is 0.482. The van der Waals surface area contributed by atoms with Crippen LogP contribution in [0.15, 0.2) is 42.5 Å². The lowest BCUT2D eigenvalue weighted by Crippen LogP contribution is -2.05. The van der Waals surface area contributed by atoms with Gasteiger partial charge in [0.1, 0.15) is 0 Å². The van der Waals surface area contributed by atoms with Crippen LogP contribution < -0.4 is 0 Å². The van der Waals surface area contributed by atoms with Gasteiger partial charge in [-0.1, -0.05) is 40.2 Å². The number of aromatic nitrogens is 1. The van der Waals surface area contributed by atoms with Gasteiger partial charge in [-0.3, -0.25) is 0 Å². The Morgan fingerprint density at radius 1 is 0.905 bits per heavy atom. The fraction of sp³-hybridized carbons (Fsp3) is 0.368. The molecule has 21 heavy (non-hydrogen) atoms. The van der Waals surface area contributed by atoms with E-state index in [2.05, 4.69) is 63.4 Å². The van der Waals surface area contributed by atoms with Crippen LogP contribution in [-0.2, 0) is 0 Å². The Morgan fingerprint density at radius 2 is 1.67 bits per heavy atom. The number of hydrogen-bond acceptors (Lipinski definition) is 0. The monoisotopic (exact) mass is 339 g/mol. The molecule has 0 bridgehead atoms. The summed E-state index contributed by atoms with van der Waals surface area (Å²) in [5.41, 5.74) is 3.92. The maximum absolute atomic E-state index is 3.99. The van der Waals surface area contributed by atoms with Crippen LogP contribution >= 0.6 is 15.9 Å². The van der Waals surface area contributed by atoms with Crippen LogP contribution in [0.1, 0.15) is 29.7 Å². The molecular formula is C19H18BrN. The molecule has 106 valence electrons. The standard InChI is InChI=1S/C19H18BrN/c20-19(14-8-12-7-13(12)9-14)11-5-6-18-16(10-11)15-3-1-2-4-17(15)21-18/h1-6,10,12-14,19,21H,7-9H2. The minimum Gasteiger partial charge on any atom is -0.355 e. The van der Waals surface area contributed by atoms with Crippen molar-refractivity contribution in [1.82, 2.24) is 4.98 Å². The van der Waals surface area contributed by atoms with Gasteiger partial charge < -0.3 is 4.98 Å². The van der Waals surface area contributed by atoms with Gasteiger partial charge in [0, 0.05) is 26.6 Å². The molecular weight excluding hydrogens is 322 g/mol. The second-order valence-electron chi connectivity index (χ2n) is 6.86. The largest absolute Gasteiger partial charge is 0.355 e. The van der Waals surface area contributed by atoms with Gasteiger partial charge in [0.25, 0.3) is 0 Å². The van der Waals surface area contributed by atoms with Crippen LogP contribution in [0.4, 0.5) is 0 Å². The van der Waals surface area contributed by atoms with Crippen molar-refractivity contribution in [3.8, 4) is 0 Å². The fourth-order valence-electron chi connectivity index (χ4n) is 4.31. The van der Waals surface area contributed by atoms with Crippen molar-refractivity contribution in [2.24, 2.45) is 17.8 Å². The molecule has 0 amide bonds. The Hall–Kier alpha value is -1.28. The van der Waals surface area contributed by atoms with Crippen LogP contribution in [-0.4, -0.2) is 4.98 Å². The van der Waals surface area contributed by atoms with Crippen LogP contribution in [0.3, 0.4) is 0 Å². The van der Waals surface area contributed by atoms with E-state index in [1.807, 2.05) is 0 Å². The summed E-state index contributed by atoms with van der Waals surface area (Å²) >= 11 is 3.99. The molecule has 2 saturated carbocycles. The predicted octanol–water partition coefficient (Wildman–Crippen LogP) is 5.80. The third kappa shape index (κ3) is 1.88. The maximum atomic E-state index is 3.99. The minimum absolute atomic E-state index is 0.517. The highest BCUT2D eigenvalue weighted by Gasteiger charge is 2.47. The normalized spacial score (nSPS) is 28.9. The topological polar surface area (TPSA) is 15.8 Å². The van der Waals surface area contributed by atoms with Gasteiger partial charge in [-0.25, -0.2) is 0 Å². The van der Waals surface area contributed by atoms with Crippen molar-refractivity contribution < 1.29 is 0 Å². The van der Waals surface area contributed by atoms with Crippen LogP contribution in [0.25, 0.3) is 21.8 Å². The van der Waals surface area contributed by atoms with Crippen LogP contribution in [0.5, 0.6) is 0 Å². The molecule has 2 fully saturated rings. The highest BCUT2D eigenvalue weighted by Crippen LogP contribution is 2.58. The zero-order chi connectivity index (χ0) is 14.0. The van der Waals surface area contributed by atoms with Gasteiger partial charge in [-0.15, -0.1) is 0 Å². The first kappa shape index (κ1) is 12.3. The number of fused-ring (bicyclic) bond motifs is 4. The number of aromatic amines is 1. The molecule has 5 rings (SSSR count). The molecule has 1 heterocycles. The fourth-order valence-corrected chi connectivity index (χ4v) is 5.03. The summed E-state index contributed by atoms with van der Waals surface area (Å²) in [6, 6.07) is 15.5. The second kappa shape index (κ2) is 4.36. The van der Waals surface area contributed by atoms with Crippen molar-refractivity contribution in [3.63, 3.8) is 0 Å². The van der Waals surface area contributed by atoms with E-state index in [1.54, 1.807) is 0 Å². The summed E-state index contributed by atoms with van der Waals surface area (Å²) in [4.78, 5) is 4.03. The molecule has 1 N–H and O–H groups in total. The summed E-state index contributed by atoms with van der Waals surface area (Å²) < 4.78 is 0. The van der Waals surface area contributed by atoms with Crippen molar-refractivity contribution in [3.05, 3.63) is 48.0 Å². The molecule has 0 spiro atoms. The average Bonchev–Trinajstić information content (AvgIpc) is 2.97. The Labute approximate surface area is 132 Å². The molecule has 1 nitrogen and oxygen atoms in total. The van der Waals surface area contributed by atoms with E-state index in [0.717, 1.165) is 17.8 Å². The Bertz CT molecular complexity index is 824. The summed E-state index contributed by atoms with van der Waals surface area (Å²) in [7, 11) is 0. The minimum atomic E-state index is 0.517. The number of para-hydroxylation sites is 1. The number of halogens is 1. The van der Waals surface area contributed by atoms with Gasteiger partial charge in [0.2, 0.25) is 0 Å². The third-order valence-corrected chi connectivity index (χ3v) is 6.82. The number of benzene rings is 2. The van der Waals surface area contributed by atoms with Crippen LogP contribution in [0.2, 0.25) is 0 Å². The first-order valence-electron chi connectivity index (χ1n) is 7.94. The van der Waals surface area contributed by atoms with Gasteiger partial charge in [0.15, 0.2) is 0 Å². The van der Waals surface area contributed by atoms with Crippen molar-refractivity contribution in [1.29, 1.82) is 0 Å². The van der Waals surface area contributed by atoms with Gasteiger partial charge in [-0.2, -0.15) is 0 Å². The number of alkyl halides is 1. The Kier molecular flexibility index (Phi) is 2.55. The van der Waals surface area contributed by atoms with E-state index < -0.39 is 0 Å². The summed E-state index contributed by atoms with van der Waals surface area (Å²) in [6.45, 7) is 0. The quantitative estimate of drug-likeness (QED) is 0.567. The van der Waals surface area contributed by atoms with Crippen molar-refractivity contribution >= 4 is 37.7 Å². The SMILES string of the molecule is BrC(c1ccc2[nH]c3ccccc3c2c1)C1CC2CC2C1. The average molecular weight is 340 g/mol. The smallest absolute Gasteiger partial charge is 0.0465 e. The van der Waals surface area contributed by atoms with Gasteiger partial charge >= 0.3 is 0 Å². The van der Waals surface area contributed by atoms with Crippen molar-refractivity contribution in [2.45, 2.75) is 24.1 Å². The number of nitrogens with one attached hydrogen (secondary N) is 1. The van der Waals surface area contributed by atoms with Gasteiger partial charge in [-0.05, 0) is 60.8 Å². The molecule has 3 aromatic rings. The Balaban J connectivity index is 1.58. The lowest BCUT2D eigenvalue weighted by Gasteiger charge is -2.19. The summed E-state index contributed by atoms with van der Waals surface area (Å²) in [5.74, 6) is 2.93. The lowest BCUT2D eigenvalue weighted by atomic mass is 9.94. The molecule has 3 atom stereocenters. The zero-order valence-electron chi connectivity index (χ0n) is 11.9. The molecule has 0 aliphatic heterocycles. The molecule has 3 unspecified atom stereocenters. The van der Waals surface area contributed by atoms with E-state index in [-0.39, 0.29) is 0 Å². The number of H-pyrrole nitrogens is 1.